The molecule has 1 unspecified atom stereocenters. The minimum absolute atomic E-state index is 0.0409. The number of nitrogens with zero attached hydrogens (tertiary/aromatic N) is 2. The number of halogens is 1. The van der Waals surface area contributed by atoms with Crippen molar-refractivity contribution in [1.29, 1.82) is 0 Å². The molecule has 0 amide bonds. The molecule has 5 heteroatoms. The Hall–Kier alpha value is -0.780. The normalized spacial score (nSPS) is 13.7. The Morgan fingerprint density at radius 1 is 1.24 bits per heavy atom. The van der Waals surface area contributed by atoms with Crippen molar-refractivity contribution in [1.82, 2.24) is 15.3 Å². The monoisotopic (exact) mass is 367 g/mol. The summed E-state index contributed by atoms with van der Waals surface area (Å²) < 4.78 is 0.990. The Bertz CT molecular complexity index is 584. The van der Waals surface area contributed by atoms with Gasteiger partial charge in [-0.3, -0.25) is 4.98 Å². The summed E-state index contributed by atoms with van der Waals surface area (Å²) in [5.41, 5.74) is 2.21. The molecular weight excluding hydrogens is 346 g/mol. The molecule has 0 bridgehead atoms. The molecule has 0 fully saturated rings. The van der Waals surface area contributed by atoms with E-state index in [1.165, 1.54) is 0 Å². The van der Waals surface area contributed by atoms with Crippen molar-refractivity contribution in [3.05, 3.63) is 44.6 Å². The predicted octanol–water partition coefficient (Wildman–Crippen LogP) is 4.69. The first-order valence-electron chi connectivity index (χ1n) is 7.11. The lowest BCUT2D eigenvalue weighted by molar-refractivity contribution is 0.511. The molecule has 0 aliphatic heterocycles. The van der Waals surface area contributed by atoms with Gasteiger partial charge >= 0.3 is 0 Å². The van der Waals surface area contributed by atoms with Gasteiger partial charge in [0.15, 0.2) is 0 Å². The van der Waals surface area contributed by atoms with Crippen molar-refractivity contribution >= 4 is 27.3 Å². The van der Waals surface area contributed by atoms with Gasteiger partial charge in [-0.2, -0.15) is 0 Å². The summed E-state index contributed by atoms with van der Waals surface area (Å²) in [4.78, 5) is 9.37. The third-order valence-corrected chi connectivity index (χ3v) is 4.46. The first kappa shape index (κ1) is 16.6. The highest BCUT2D eigenvalue weighted by Gasteiger charge is 2.23. The highest BCUT2D eigenvalue weighted by Crippen LogP contribution is 2.30. The summed E-state index contributed by atoms with van der Waals surface area (Å²) >= 11 is 5.14. The molecule has 114 valence electrons. The van der Waals surface area contributed by atoms with Gasteiger partial charge in [-0.25, -0.2) is 4.98 Å². The van der Waals surface area contributed by atoms with E-state index >= 15 is 0 Å². The molecule has 0 aliphatic rings. The van der Waals surface area contributed by atoms with Gasteiger partial charge in [0.2, 0.25) is 0 Å². The highest BCUT2D eigenvalue weighted by atomic mass is 79.9. The van der Waals surface area contributed by atoms with Crippen LogP contribution in [0.4, 0.5) is 0 Å². The number of aromatic nitrogens is 2. The maximum absolute atomic E-state index is 4.84. The Morgan fingerprint density at radius 3 is 2.43 bits per heavy atom. The molecule has 0 aliphatic carbocycles. The molecule has 3 nitrogen and oxygen atoms in total. The summed E-state index contributed by atoms with van der Waals surface area (Å²) in [6.07, 6.45) is 1.84. The molecule has 1 N–H and O–H groups in total. The fourth-order valence-electron chi connectivity index (χ4n) is 1.94. The molecule has 1 atom stereocenters. The number of nitrogens with one attached hydrogen (secondary N) is 1. The Labute approximate surface area is 139 Å². The fourth-order valence-corrected chi connectivity index (χ4v) is 3.29. The van der Waals surface area contributed by atoms with Gasteiger partial charge in [-0.1, -0.05) is 20.8 Å². The predicted molar refractivity (Wildman–Crippen MR) is 92.9 cm³/mol. The molecule has 0 saturated carbocycles. The quantitative estimate of drug-likeness (QED) is 0.851. The summed E-state index contributed by atoms with van der Waals surface area (Å²) in [5.74, 6) is 0. The Morgan fingerprint density at radius 2 is 1.95 bits per heavy atom. The van der Waals surface area contributed by atoms with Crippen LogP contribution in [0.25, 0.3) is 0 Å². The van der Waals surface area contributed by atoms with E-state index in [0.29, 0.717) is 6.04 Å². The van der Waals surface area contributed by atoms with Gasteiger partial charge in [0.1, 0.15) is 11.0 Å². The second-order valence-corrected chi connectivity index (χ2v) is 8.28. The number of thiazole rings is 1. The van der Waals surface area contributed by atoms with E-state index in [2.05, 4.69) is 66.2 Å². The van der Waals surface area contributed by atoms with Crippen LogP contribution in [-0.2, 0) is 5.41 Å². The van der Waals surface area contributed by atoms with Crippen molar-refractivity contribution in [3.8, 4) is 0 Å². The summed E-state index contributed by atoms with van der Waals surface area (Å²) in [6.45, 7) is 10.9. The van der Waals surface area contributed by atoms with Crippen molar-refractivity contribution < 1.29 is 0 Å². The smallest absolute Gasteiger partial charge is 0.116 e. The Balaban J connectivity index is 2.36. The largest absolute Gasteiger partial charge is 0.301 e. The van der Waals surface area contributed by atoms with Crippen molar-refractivity contribution in [2.75, 3.05) is 0 Å². The molecule has 0 spiro atoms. The zero-order valence-corrected chi connectivity index (χ0v) is 15.5. The van der Waals surface area contributed by atoms with Gasteiger partial charge in [0.25, 0.3) is 0 Å². The van der Waals surface area contributed by atoms with Crippen LogP contribution in [0.1, 0.15) is 57.1 Å². The first-order chi connectivity index (χ1) is 9.77. The van der Waals surface area contributed by atoms with E-state index in [9.17, 15) is 0 Å². The first-order valence-corrected chi connectivity index (χ1v) is 8.78. The minimum atomic E-state index is 0.0409. The lowest BCUT2D eigenvalue weighted by Crippen LogP contribution is -2.29. The van der Waals surface area contributed by atoms with Crippen LogP contribution in [-0.4, -0.2) is 16.0 Å². The van der Waals surface area contributed by atoms with Crippen LogP contribution in [0, 0.1) is 0 Å². The van der Waals surface area contributed by atoms with E-state index in [4.69, 9.17) is 4.98 Å². The molecule has 0 saturated heterocycles. The molecule has 0 aromatic carbocycles. The third kappa shape index (κ3) is 4.34. The van der Waals surface area contributed by atoms with E-state index in [-0.39, 0.29) is 11.5 Å². The fraction of sp³-hybridized carbons (Fsp3) is 0.500. The van der Waals surface area contributed by atoms with E-state index in [0.717, 1.165) is 20.9 Å². The number of rotatable bonds is 4. The summed E-state index contributed by atoms with van der Waals surface area (Å²) in [7, 11) is 0. The van der Waals surface area contributed by atoms with Gasteiger partial charge in [-0.15, -0.1) is 11.3 Å². The van der Waals surface area contributed by atoms with E-state index in [1.54, 1.807) is 11.3 Å². The number of hydrogen-bond donors (Lipinski definition) is 1. The average molecular weight is 368 g/mol. The maximum Gasteiger partial charge on any atom is 0.116 e. The zero-order chi connectivity index (χ0) is 15.6. The van der Waals surface area contributed by atoms with Crippen LogP contribution in [0.2, 0.25) is 0 Å². The van der Waals surface area contributed by atoms with Crippen LogP contribution in [0.3, 0.4) is 0 Å². The summed E-state index contributed by atoms with van der Waals surface area (Å²) in [6, 6.07) is 4.47. The van der Waals surface area contributed by atoms with Gasteiger partial charge in [0, 0.05) is 27.5 Å². The summed E-state index contributed by atoms with van der Waals surface area (Å²) in [5, 5.41) is 6.80. The van der Waals surface area contributed by atoms with Gasteiger partial charge in [-0.05, 0) is 41.9 Å². The molecule has 2 aromatic rings. The molecule has 0 radical (unpaired) electrons. The minimum Gasteiger partial charge on any atom is -0.301 e. The number of hydrogen-bond acceptors (Lipinski definition) is 4. The SMILES string of the molecule is CC(C)NC(c1ccc(Br)cn1)c1nc(C(C)(C)C)cs1. The topological polar surface area (TPSA) is 37.8 Å². The van der Waals surface area contributed by atoms with Gasteiger partial charge < -0.3 is 5.32 Å². The zero-order valence-electron chi connectivity index (χ0n) is 13.1. The lowest BCUT2D eigenvalue weighted by atomic mass is 9.93. The van der Waals surface area contributed by atoms with Crippen LogP contribution in [0.15, 0.2) is 28.2 Å². The molecular formula is C16H22BrN3S. The van der Waals surface area contributed by atoms with Crippen molar-refractivity contribution in [2.45, 2.75) is 52.1 Å². The standard InChI is InChI=1S/C16H22BrN3S/c1-10(2)19-14(12-7-6-11(17)8-18-12)15-20-13(9-21-15)16(3,4)5/h6-10,14,19H,1-5H3. The second-order valence-electron chi connectivity index (χ2n) is 6.48. The molecule has 21 heavy (non-hydrogen) atoms. The molecule has 2 heterocycles. The van der Waals surface area contributed by atoms with E-state index in [1.807, 2.05) is 18.3 Å². The Kier molecular flexibility index (Phi) is 5.17. The highest BCUT2D eigenvalue weighted by molar-refractivity contribution is 9.10. The van der Waals surface area contributed by atoms with Crippen LogP contribution < -0.4 is 5.32 Å². The van der Waals surface area contributed by atoms with Crippen LogP contribution >= 0.6 is 27.3 Å². The van der Waals surface area contributed by atoms with E-state index < -0.39 is 0 Å². The molecule has 2 rings (SSSR count). The number of pyridine rings is 1. The van der Waals surface area contributed by atoms with Crippen molar-refractivity contribution in [3.63, 3.8) is 0 Å². The van der Waals surface area contributed by atoms with Crippen molar-refractivity contribution in [2.24, 2.45) is 0 Å². The lowest BCUT2D eigenvalue weighted by Gasteiger charge is -2.19. The maximum atomic E-state index is 4.84. The van der Waals surface area contributed by atoms with Gasteiger partial charge in [0.05, 0.1) is 11.4 Å². The third-order valence-electron chi connectivity index (χ3n) is 3.08. The average Bonchev–Trinajstić information content (AvgIpc) is 2.86. The second kappa shape index (κ2) is 6.55. The van der Waals surface area contributed by atoms with Crippen LogP contribution in [0.5, 0.6) is 0 Å². The molecule has 2 aromatic heterocycles.